The van der Waals surface area contributed by atoms with Crippen LogP contribution in [0.4, 0.5) is 0 Å². The predicted octanol–water partition coefficient (Wildman–Crippen LogP) is 17.8. The summed E-state index contributed by atoms with van der Waals surface area (Å²) in [6.45, 7) is 0. The maximum absolute atomic E-state index is 13.1. The van der Waals surface area contributed by atoms with Crippen LogP contribution in [0.3, 0.4) is 0 Å². The molecule has 86 heavy (non-hydrogen) atoms. The fourth-order valence-electron chi connectivity index (χ4n) is 13.3. The van der Waals surface area contributed by atoms with Gasteiger partial charge in [-0.15, -0.1) is 0 Å². The Hall–Kier alpha value is -12.8. The minimum absolute atomic E-state index is 0.302. The van der Waals surface area contributed by atoms with E-state index in [4.69, 9.17) is 4.98 Å². The third kappa shape index (κ3) is 7.11. The molecule has 0 aliphatic carbocycles. The Morgan fingerprint density at radius 1 is 0.267 bits per heavy atom. The standard InChI is InChI=1S/C76H40N10/c77-41-46-27-33-67-57(37-46)52-19-7-11-23-63(52)83(67)73-61(45-81)74(84-64-24-12-8-20-53(64)58-38-47(42-78)28-34-68(58)84)76(86-66-26-14-10-22-55(66)60-40-49(44-80)30-36-70(60)86)75(85-65-25-13-9-21-54(65)59-39-48(43-79)29-35-69(59)85)71(73)56-31-32-62(50-15-3-1-4-16-50)82-72(56)51-17-5-2-6-18-51/h1-40H. The van der Waals surface area contributed by atoms with Crippen molar-refractivity contribution in [3.8, 4) is 86.7 Å². The van der Waals surface area contributed by atoms with E-state index in [0.29, 0.717) is 67.4 Å². The van der Waals surface area contributed by atoms with Crippen molar-refractivity contribution in [2.45, 2.75) is 0 Å². The number of hydrogen-bond acceptors (Lipinski definition) is 6. The molecule has 394 valence electrons. The molecule has 0 aliphatic rings. The second-order valence-corrected chi connectivity index (χ2v) is 21.4. The van der Waals surface area contributed by atoms with Gasteiger partial charge in [0, 0.05) is 65.3 Å². The van der Waals surface area contributed by atoms with Crippen LogP contribution in [-0.4, -0.2) is 23.3 Å². The minimum Gasteiger partial charge on any atom is -0.307 e. The lowest BCUT2D eigenvalue weighted by Crippen LogP contribution is -2.17. The van der Waals surface area contributed by atoms with Gasteiger partial charge in [-0.3, -0.25) is 0 Å². The van der Waals surface area contributed by atoms with E-state index in [9.17, 15) is 26.3 Å². The Bertz CT molecular complexity index is 5840. The lowest BCUT2D eigenvalue weighted by Gasteiger charge is -2.30. The lowest BCUT2D eigenvalue weighted by molar-refractivity contribution is 1.03. The summed E-state index contributed by atoms with van der Waals surface area (Å²) >= 11 is 0. The Labute approximate surface area is 491 Å². The largest absolute Gasteiger partial charge is 0.307 e. The van der Waals surface area contributed by atoms with Gasteiger partial charge in [0.25, 0.3) is 0 Å². The monoisotopic (exact) mass is 1090 g/mol. The summed E-state index contributed by atoms with van der Waals surface area (Å²) < 4.78 is 8.96. The molecule has 0 saturated carbocycles. The highest BCUT2D eigenvalue weighted by atomic mass is 15.1. The van der Waals surface area contributed by atoms with Crippen LogP contribution >= 0.6 is 0 Å². The molecule has 0 atom stereocenters. The fourth-order valence-corrected chi connectivity index (χ4v) is 13.3. The van der Waals surface area contributed by atoms with E-state index in [1.54, 1.807) is 0 Å². The number of nitriles is 5. The molecule has 0 radical (unpaired) electrons. The van der Waals surface area contributed by atoms with Crippen molar-refractivity contribution in [2.24, 2.45) is 0 Å². The van der Waals surface area contributed by atoms with Gasteiger partial charge in [-0.25, -0.2) is 4.98 Å². The summed E-state index contributed by atoms with van der Waals surface area (Å²) in [7, 11) is 0. The first kappa shape index (κ1) is 49.1. The van der Waals surface area contributed by atoms with Crippen molar-refractivity contribution in [3.63, 3.8) is 0 Å². The number of rotatable bonds is 7. The number of pyridine rings is 1. The summed E-state index contributed by atoms with van der Waals surface area (Å²) in [5.74, 6) is 0. The van der Waals surface area contributed by atoms with Crippen molar-refractivity contribution in [1.29, 1.82) is 26.3 Å². The number of fused-ring (bicyclic) bond motifs is 12. The molecule has 0 unspecified atom stereocenters. The van der Waals surface area contributed by atoms with Gasteiger partial charge in [0.15, 0.2) is 0 Å². The molecule has 0 fully saturated rings. The van der Waals surface area contributed by atoms with Gasteiger partial charge in [0.2, 0.25) is 0 Å². The highest BCUT2D eigenvalue weighted by molar-refractivity contribution is 6.18. The third-order valence-electron chi connectivity index (χ3n) is 16.9. The van der Waals surface area contributed by atoms with Crippen molar-refractivity contribution < 1.29 is 0 Å². The van der Waals surface area contributed by atoms with E-state index in [2.05, 4.69) is 134 Å². The van der Waals surface area contributed by atoms with Crippen molar-refractivity contribution >= 4 is 87.2 Å². The summed E-state index contributed by atoms with van der Waals surface area (Å²) in [5, 5.41) is 62.2. The van der Waals surface area contributed by atoms with Crippen LogP contribution in [0.15, 0.2) is 243 Å². The molecule has 0 amide bonds. The Kier molecular flexibility index (Phi) is 10.9. The molecular weight excluding hydrogens is 1050 g/mol. The van der Waals surface area contributed by atoms with Gasteiger partial charge < -0.3 is 18.3 Å². The normalized spacial score (nSPS) is 11.4. The van der Waals surface area contributed by atoms with Gasteiger partial charge in [0.05, 0.1) is 125 Å². The van der Waals surface area contributed by atoms with E-state index in [0.717, 1.165) is 104 Å². The zero-order valence-corrected chi connectivity index (χ0v) is 45.6. The van der Waals surface area contributed by atoms with E-state index >= 15 is 0 Å². The Balaban J connectivity index is 1.28. The molecule has 5 heterocycles. The molecule has 16 aromatic rings. The fraction of sp³-hybridized carbons (Fsp3) is 0. The van der Waals surface area contributed by atoms with E-state index in [-0.39, 0.29) is 0 Å². The second-order valence-electron chi connectivity index (χ2n) is 21.4. The molecule has 11 aromatic carbocycles. The second kappa shape index (κ2) is 19.2. The molecule has 0 aliphatic heterocycles. The molecule has 10 heteroatoms. The summed E-state index contributed by atoms with van der Waals surface area (Å²) in [4.78, 5) is 5.72. The van der Waals surface area contributed by atoms with E-state index in [1.807, 2.05) is 158 Å². The maximum atomic E-state index is 13.1. The van der Waals surface area contributed by atoms with Gasteiger partial charge in [-0.2, -0.15) is 26.3 Å². The van der Waals surface area contributed by atoms with Crippen LogP contribution in [0.5, 0.6) is 0 Å². The maximum Gasteiger partial charge on any atom is 0.104 e. The van der Waals surface area contributed by atoms with Crippen molar-refractivity contribution in [2.75, 3.05) is 0 Å². The van der Waals surface area contributed by atoms with Crippen LogP contribution in [0, 0.1) is 56.7 Å². The molecular formula is C76H40N10. The SMILES string of the molecule is N#Cc1ccc2c(c1)c1ccccc1n2-c1c(C#N)c(-n2c3ccccc3c3cc(C#N)ccc32)c(-n2c3ccccc3c3cc(C#N)ccc32)c(-n2c3ccccc3c3cc(C#N)ccc32)c1-c1ccc(-c2ccccc2)nc1-c1ccccc1. The number of para-hydroxylation sites is 4. The number of nitrogens with zero attached hydrogens (tertiary/aromatic N) is 10. The molecule has 10 nitrogen and oxygen atoms in total. The Morgan fingerprint density at radius 2 is 0.605 bits per heavy atom. The average molecular weight is 1090 g/mol. The first-order chi connectivity index (χ1) is 42.5. The van der Waals surface area contributed by atoms with Gasteiger partial charge in [0.1, 0.15) is 11.6 Å². The minimum atomic E-state index is 0.302. The summed E-state index contributed by atoms with van der Waals surface area (Å²) in [6.07, 6.45) is 0. The van der Waals surface area contributed by atoms with Crippen molar-refractivity contribution in [1.82, 2.24) is 23.3 Å². The number of hydrogen-bond donors (Lipinski definition) is 0. The van der Waals surface area contributed by atoms with Crippen LogP contribution in [0.2, 0.25) is 0 Å². The molecule has 0 N–H and O–H groups in total. The van der Waals surface area contributed by atoms with Gasteiger partial charge >= 0.3 is 0 Å². The molecule has 5 aromatic heterocycles. The molecule has 0 bridgehead atoms. The van der Waals surface area contributed by atoms with Crippen LogP contribution in [0.1, 0.15) is 27.8 Å². The lowest BCUT2D eigenvalue weighted by atomic mass is 9.90. The number of aromatic nitrogens is 5. The van der Waals surface area contributed by atoms with Crippen LogP contribution in [-0.2, 0) is 0 Å². The molecule has 0 spiro atoms. The predicted molar refractivity (Wildman–Crippen MR) is 341 cm³/mol. The summed E-state index contributed by atoms with van der Waals surface area (Å²) in [5.41, 5.74) is 15.4. The van der Waals surface area contributed by atoms with Crippen molar-refractivity contribution in [3.05, 3.63) is 270 Å². The van der Waals surface area contributed by atoms with E-state index < -0.39 is 0 Å². The highest BCUT2D eigenvalue weighted by Crippen LogP contribution is 2.53. The smallest absolute Gasteiger partial charge is 0.104 e. The highest BCUT2D eigenvalue weighted by Gasteiger charge is 2.36. The molecule has 16 rings (SSSR count). The first-order valence-electron chi connectivity index (χ1n) is 28.0. The zero-order valence-electron chi connectivity index (χ0n) is 45.6. The third-order valence-corrected chi connectivity index (χ3v) is 16.9. The zero-order chi connectivity index (χ0) is 57.7. The van der Waals surface area contributed by atoms with Gasteiger partial charge in [-0.1, -0.05) is 133 Å². The first-order valence-corrected chi connectivity index (χ1v) is 28.0. The average Bonchev–Trinajstić information content (AvgIpc) is 1.44. The van der Waals surface area contributed by atoms with Crippen LogP contribution < -0.4 is 0 Å². The van der Waals surface area contributed by atoms with Gasteiger partial charge in [-0.05, 0) is 109 Å². The number of benzene rings is 11. The van der Waals surface area contributed by atoms with E-state index in [1.165, 1.54) is 0 Å². The quantitative estimate of drug-likeness (QED) is 0.155. The summed E-state index contributed by atoms with van der Waals surface area (Å²) in [6, 6.07) is 92.9. The molecule has 0 saturated heterocycles. The van der Waals surface area contributed by atoms with Crippen LogP contribution in [0.25, 0.3) is 144 Å². The topological polar surface area (TPSA) is 152 Å². The Morgan fingerprint density at radius 3 is 1.00 bits per heavy atom.